The summed E-state index contributed by atoms with van der Waals surface area (Å²) < 4.78 is 38.1. The van der Waals surface area contributed by atoms with Crippen LogP contribution in [0.4, 0.5) is 0 Å². The van der Waals surface area contributed by atoms with E-state index in [9.17, 15) is 13.0 Å². The predicted octanol–water partition coefficient (Wildman–Crippen LogP) is 3.32. The van der Waals surface area contributed by atoms with Crippen LogP contribution in [-0.2, 0) is 10.1 Å². The first-order valence-electron chi connectivity index (χ1n) is 5.78. The summed E-state index contributed by atoms with van der Waals surface area (Å²) in [4.78, 5) is -0.156. The molecule has 2 aliphatic heterocycles. The smallest absolute Gasteiger partial charge is 0.298 e. The summed E-state index contributed by atoms with van der Waals surface area (Å²) in [5.41, 5.74) is 3.15. The summed E-state index contributed by atoms with van der Waals surface area (Å²) in [6, 6.07) is 8.93. The number of fused-ring (bicyclic) bond motifs is 2. The third-order valence-electron chi connectivity index (χ3n) is 3.42. The summed E-state index contributed by atoms with van der Waals surface area (Å²) in [5.74, 6) is 0.756. The van der Waals surface area contributed by atoms with E-state index in [1.807, 2.05) is 25.1 Å². The molecule has 0 unspecified atom stereocenters. The van der Waals surface area contributed by atoms with Gasteiger partial charge in [-0.25, -0.2) is 0 Å². The molecule has 19 heavy (non-hydrogen) atoms. The Morgan fingerprint density at radius 3 is 2.32 bits per heavy atom. The van der Waals surface area contributed by atoms with Gasteiger partial charge in [-0.05, 0) is 48.2 Å². The zero-order chi connectivity index (χ0) is 13.8. The van der Waals surface area contributed by atoms with Gasteiger partial charge < -0.3 is 4.74 Å². The highest BCUT2D eigenvalue weighted by atomic mass is 32.2. The molecule has 0 radical (unpaired) electrons. The summed E-state index contributed by atoms with van der Waals surface area (Å²) >= 11 is 0. The van der Waals surface area contributed by atoms with Crippen LogP contribution in [0.25, 0.3) is 11.1 Å². The lowest BCUT2D eigenvalue weighted by molar-refractivity contribution is 0.446. The van der Waals surface area contributed by atoms with Gasteiger partial charge in [0.2, 0.25) is 0 Å². The van der Waals surface area contributed by atoms with Crippen molar-refractivity contribution in [3.05, 3.63) is 41.5 Å². The van der Waals surface area contributed by atoms with Gasteiger partial charge in [-0.15, -0.1) is 0 Å². The minimum absolute atomic E-state index is 0.156. The molecule has 2 aliphatic rings. The van der Waals surface area contributed by atoms with E-state index in [1.165, 1.54) is 0 Å². The van der Waals surface area contributed by atoms with E-state index >= 15 is 0 Å². The van der Waals surface area contributed by atoms with Crippen molar-refractivity contribution in [3.63, 3.8) is 0 Å². The van der Waals surface area contributed by atoms with Crippen molar-refractivity contribution in [2.45, 2.75) is 18.7 Å². The van der Waals surface area contributed by atoms with Crippen molar-refractivity contribution < 1.29 is 17.7 Å². The summed E-state index contributed by atoms with van der Waals surface area (Å²) in [6.07, 6.45) is 0. The number of rotatable bonds is 1. The second-order valence-electron chi connectivity index (χ2n) is 4.57. The highest BCUT2D eigenvalue weighted by Crippen LogP contribution is 2.43. The molecule has 2 aromatic carbocycles. The Kier molecular flexibility index (Phi) is 2.45. The predicted molar refractivity (Wildman–Crippen MR) is 71.2 cm³/mol. The largest absolute Gasteiger partial charge is 0.456 e. The van der Waals surface area contributed by atoms with E-state index in [2.05, 4.69) is 0 Å². The maximum atomic E-state index is 11.5. The van der Waals surface area contributed by atoms with Crippen LogP contribution in [0.5, 0.6) is 11.5 Å². The van der Waals surface area contributed by atoms with Gasteiger partial charge in [0.1, 0.15) is 16.4 Å². The fourth-order valence-corrected chi connectivity index (χ4v) is 3.36. The zero-order valence-electron chi connectivity index (χ0n) is 10.5. The lowest BCUT2D eigenvalue weighted by atomic mass is 9.94. The second-order valence-corrected chi connectivity index (χ2v) is 5.93. The topological polar surface area (TPSA) is 63.6 Å². The molecule has 0 saturated carbocycles. The Balaban J connectivity index is 2.48. The molecule has 0 aliphatic carbocycles. The fourth-order valence-electron chi connectivity index (χ4n) is 2.49. The Labute approximate surface area is 111 Å². The molecule has 2 aromatic rings. The molecule has 4 bridgehead atoms. The fraction of sp³-hybridized carbons (Fsp3) is 0.143. The monoisotopic (exact) mass is 276 g/mol. The summed E-state index contributed by atoms with van der Waals surface area (Å²) in [6.45, 7) is 3.59. The van der Waals surface area contributed by atoms with Crippen LogP contribution in [0.3, 0.4) is 0 Å². The van der Waals surface area contributed by atoms with E-state index in [4.69, 9.17) is 4.74 Å². The molecule has 0 amide bonds. The quantitative estimate of drug-likeness (QED) is 0.692. The third-order valence-corrected chi connectivity index (χ3v) is 4.45. The highest BCUT2D eigenvalue weighted by Gasteiger charge is 2.26. The van der Waals surface area contributed by atoms with Crippen molar-refractivity contribution in [2.24, 2.45) is 0 Å². The lowest BCUT2D eigenvalue weighted by Gasteiger charge is -2.21. The lowest BCUT2D eigenvalue weighted by Crippen LogP contribution is -2.07. The van der Waals surface area contributed by atoms with Crippen LogP contribution in [0.1, 0.15) is 11.1 Å². The molecular weight excluding hydrogens is 264 g/mol. The average molecular weight is 276 g/mol. The SMILES string of the molecule is Cc1c2cccc1-c1ccc(c(S(=O)(=O)O)c1C)O2. The van der Waals surface area contributed by atoms with Crippen LogP contribution in [-0.4, -0.2) is 13.0 Å². The number of ether oxygens (including phenoxy) is 1. The van der Waals surface area contributed by atoms with Crippen LogP contribution >= 0.6 is 0 Å². The van der Waals surface area contributed by atoms with Gasteiger partial charge in [0.25, 0.3) is 10.1 Å². The second kappa shape index (κ2) is 3.82. The Bertz CT molecular complexity index is 791. The van der Waals surface area contributed by atoms with Crippen LogP contribution in [0.15, 0.2) is 35.2 Å². The molecule has 2 heterocycles. The van der Waals surface area contributed by atoms with Crippen molar-refractivity contribution in [2.75, 3.05) is 0 Å². The normalized spacial score (nSPS) is 12.8. The number of benzene rings is 2. The van der Waals surface area contributed by atoms with E-state index < -0.39 is 10.1 Å². The number of hydrogen-bond acceptors (Lipinski definition) is 3. The number of hydrogen-bond donors (Lipinski definition) is 1. The van der Waals surface area contributed by atoms with Crippen LogP contribution in [0.2, 0.25) is 0 Å². The first-order chi connectivity index (χ1) is 8.89. The summed E-state index contributed by atoms with van der Waals surface area (Å²) in [5, 5.41) is 0. The zero-order valence-corrected chi connectivity index (χ0v) is 11.3. The molecule has 0 saturated heterocycles. The van der Waals surface area contributed by atoms with Crippen molar-refractivity contribution in [1.82, 2.24) is 0 Å². The van der Waals surface area contributed by atoms with E-state index in [1.54, 1.807) is 19.1 Å². The van der Waals surface area contributed by atoms with Crippen molar-refractivity contribution in [3.8, 4) is 22.6 Å². The molecule has 1 N–H and O–H groups in total. The first kappa shape index (κ1) is 12.2. The van der Waals surface area contributed by atoms with Gasteiger partial charge >= 0.3 is 0 Å². The van der Waals surface area contributed by atoms with E-state index in [0.29, 0.717) is 11.3 Å². The summed E-state index contributed by atoms with van der Waals surface area (Å²) in [7, 11) is -4.32. The van der Waals surface area contributed by atoms with Crippen LogP contribution in [0, 0.1) is 13.8 Å². The van der Waals surface area contributed by atoms with Crippen LogP contribution < -0.4 is 4.74 Å². The van der Waals surface area contributed by atoms with Gasteiger partial charge in [-0.2, -0.15) is 8.42 Å². The highest BCUT2D eigenvalue weighted by molar-refractivity contribution is 7.86. The van der Waals surface area contributed by atoms with E-state index in [-0.39, 0.29) is 10.6 Å². The van der Waals surface area contributed by atoms with Gasteiger partial charge in [-0.1, -0.05) is 18.2 Å². The van der Waals surface area contributed by atoms with Crippen molar-refractivity contribution in [1.29, 1.82) is 0 Å². The molecule has 0 spiro atoms. The molecule has 0 fully saturated rings. The first-order valence-corrected chi connectivity index (χ1v) is 7.22. The molecular formula is C14H12O4S. The van der Waals surface area contributed by atoms with E-state index in [0.717, 1.165) is 16.7 Å². The molecule has 0 aromatic heterocycles. The Morgan fingerprint density at radius 1 is 0.947 bits per heavy atom. The standard InChI is InChI=1S/C14H12O4S/c1-8-10-4-3-5-12(8)18-13-7-6-11(10)9(2)14(13)19(15,16)17/h3-7H,1-2H3,(H,15,16,17). The Hall–Kier alpha value is -1.85. The third kappa shape index (κ3) is 1.74. The maximum Gasteiger partial charge on any atom is 0.298 e. The molecule has 98 valence electrons. The molecule has 4 rings (SSSR count). The van der Waals surface area contributed by atoms with Gasteiger partial charge in [0, 0.05) is 0 Å². The maximum absolute atomic E-state index is 11.5. The Morgan fingerprint density at radius 2 is 1.63 bits per heavy atom. The molecule has 0 atom stereocenters. The van der Waals surface area contributed by atoms with Gasteiger partial charge in [0.15, 0.2) is 0 Å². The van der Waals surface area contributed by atoms with Gasteiger partial charge in [-0.3, -0.25) is 4.55 Å². The van der Waals surface area contributed by atoms with Gasteiger partial charge in [0.05, 0.1) is 0 Å². The molecule has 5 heteroatoms. The van der Waals surface area contributed by atoms with Crippen molar-refractivity contribution >= 4 is 10.1 Å². The molecule has 4 nitrogen and oxygen atoms in total. The minimum atomic E-state index is -4.32. The minimum Gasteiger partial charge on any atom is -0.456 e. The average Bonchev–Trinajstić information content (AvgIpc) is 2.32.